The number of aromatic nitrogens is 3. The number of carbonyl (C=O) groups excluding carboxylic acids is 1. The van der Waals surface area contributed by atoms with Gasteiger partial charge < -0.3 is 9.64 Å². The highest BCUT2D eigenvalue weighted by Gasteiger charge is 2.34. The van der Waals surface area contributed by atoms with Crippen LogP contribution in [0.1, 0.15) is 45.7 Å². The Morgan fingerprint density at radius 2 is 1.91 bits per heavy atom. The van der Waals surface area contributed by atoms with Gasteiger partial charge in [-0.05, 0) is 42.8 Å². The molecule has 0 saturated heterocycles. The predicted molar refractivity (Wildman–Crippen MR) is 111 cm³/mol. The predicted octanol–water partition coefficient (Wildman–Crippen LogP) is 4.06. The second kappa shape index (κ2) is 8.48. The van der Waals surface area contributed by atoms with Crippen molar-refractivity contribution in [2.24, 2.45) is 0 Å². The lowest BCUT2D eigenvalue weighted by atomic mass is 10.1. The maximum absolute atomic E-state index is 13.2. The van der Waals surface area contributed by atoms with Crippen molar-refractivity contribution in [1.29, 1.82) is 0 Å². The Kier molecular flexibility index (Phi) is 5.72. The first-order valence-electron chi connectivity index (χ1n) is 9.79. The maximum Gasteiger partial charge on any atom is 0.416 e. The van der Waals surface area contributed by atoms with Crippen LogP contribution >= 0.6 is 0 Å². The van der Waals surface area contributed by atoms with E-state index in [4.69, 9.17) is 4.74 Å². The van der Waals surface area contributed by atoms with Gasteiger partial charge in [0.25, 0.3) is 5.91 Å². The summed E-state index contributed by atoms with van der Waals surface area (Å²) in [5, 5.41) is 4.30. The third-order valence-electron chi connectivity index (χ3n) is 5.06. The van der Waals surface area contributed by atoms with Crippen LogP contribution in [-0.4, -0.2) is 34.3 Å². The Balaban J connectivity index is 1.65. The molecule has 1 aliphatic heterocycles. The highest BCUT2D eigenvalue weighted by atomic mass is 19.4. The zero-order valence-electron chi connectivity index (χ0n) is 17.3. The molecule has 0 bridgehead atoms. The SMILES string of the molecule is COCc1cncc(C#Cc2cnn3c2C(=O)N(c2ccc(C(F)(F)F)cc2)C[C@@H]3C)c1. The lowest BCUT2D eigenvalue weighted by molar-refractivity contribution is -0.137. The molecular weight excluding hydrogens is 421 g/mol. The Morgan fingerprint density at radius 3 is 2.59 bits per heavy atom. The van der Waals surface area contributed by atoms with E-state index in [1.54, 1.807) is 24.2 Å². The lowest BCUT2D eigenvalue weighted by Crippen LogP contribution is -2.43. The smallest absolute Gasteiger partial charge is 0.380 e. The van der Waals surface area contributed by atoms with E-state index < -0.39 is 11.7 Å². The van der Waals surface area contributed by atoms with Gasteiger partial charge in [-0.25, -0.2) is 0 Å². The van der Waals surface area contributed by atoms with Crippen molar-refractivity contribution >= 4 is 11.6 Å². The average Bonchev–Trinajstić information content (AvgIpc) is 3.20. The van der Waals surface area contributed by atoms with Crippen molar-refractivity contribution < 1.29 is 22.7 Å². The summed E-state index contributed by atoms with van der Waals surface area (Å²) in [6.07, 6.45) is 0.388. The summed E-state index contributed by atoms with van der Waals surface area (Å²) >= 11 is 0. The molecule has 164 valence electrons. The van der Waals surface area contributed by atoms with E-state index in [1.807, 2.05) is 13.0 Å². The van der Waals surface area contributed by atoms with Gasteiger partial charge in [-0.15, -0.1) is 0 Å². The first-order valence-corrected chi connectivity index (χ1v) is 9.79. The number of ether oxygens (including phenoxy) is 1. The van der Waals surface area contributed by atoms with Gasteiger partial charge in [-0.1, -0.05) is 11.8 Å². The van der Waals surface area contributed by atoms with Crippen LogP contribution in [0.2, 0.25) is 0 Å². The number of halogens is 3. The van der Waals surface area contributed by atoms with Crippen LogP contribution in [0.4, 0.5) is 18.9 Å². The fourth-order valence-electron chi connectivity index (χ4n) is 3.55. The number of fused-ring (bicyclic) bond motifs is 1. The van der Waals surface area contributed by atoms with E-state index in [0.29, 0.717) is 29.1 Å². The first kappa shape index (κ1) is 21.6. The number of nitrogens with zero attached hydrogens (tertiary/aromatic N) is 4. The number of pyridine rings is 1. The fourth-order valence-corrected chi connectivity index (χ4v) is 3.55. The second-order valence-corrected chi connectivity index (χ2v) is 7.43. The Labute approximate surface area is 182 Å². The summed E-state index contributed by atoms with van der Waals surface area (Å²) in [6, 6.07) is 6.22. The molecule has 2 aromatic heterocycles. The molecule has 0 unspecified atom stereocenters. The minimum atomic E-state index is -4.44. The lowest BCUT2D eigenvalue weighted by Gasteiger charge is -2.32. The summed E-state index contributed by atoms with van der Waals surface area (Å²) in [6.45, 7) is 2.58. The van der Waals surface area contributed by atoms with Crippen LogP contribution in [0.5, 0.6) is 0 Å². The molecular formula is C23H19F3N4O2. The van der Waals surface area contributed by atoms with Crippen LogP contribution in [0.15, 0.2) is 48.9 Å². The van der Waals surface area contributed by atoms with Gasteiger partial charge in [0.2, 0.25) is 0 Å². The van der Waals surface area contributed by atoms with Gasteiger partial charge in [0.1, 0.15) is 5.69 Å². The zero-order chi connectivity index (χ0) is 22.9. The highest BCUT2D eigenvalue weighted by molar-refractivity contribution is 6.07. The zero-order valence-corrected chi connectivity index (χ0v) is 17.3. The van der Waals surface area contributed by atoms with Crippen molar-refractivity contribution in [2.45, 2.75) is 25.7 Å². The molecule has 32 heavy (non-hydrogen) atoms. The molecule has 3 heterocycles. The number of hydrogen-bond donors (Lipinski definition) is 0. The van der Waals surface area contributed by atoms with Crippen molar-refractivity contribution in [2.75, 3.05) is 18.6 Å². The van der Waals surface area contributed by atoms with Gasteiger partial charge in [-0.3, -0.25) is 14.5 Å². The third-order valence-corrected chi connectivity index (χ3v) is 5.06. The van der Waals surface area contributed by atoms with Gasteiger partial charge in [0.05, 0.1) is 30.0 Å². The molecule has 0 N–H and O–H groups in total. The topological polar surface area (TPSA) is 60.3 Å². The van der Waals surface area contributed by atoms with Gasteiger partial charge >= 0.3 is 6.18 Å². The van der Waals surface area contributed by atoms with Crippen LogP contribution in [0.3, 0.4) is 0 Å². The number of hydrogen-bond acceptors (Lipinski definition) is 4. The Hall–Kier alpha value is -3.64. The summed E-state index contributed by atoms with van der Waals surface area (Å²) in [4.78, 5) is 18.8. The van der Waals surface area contributed by atoms with Crippen LogP contribution in [-0.2, 0) is 17.5 Å². The quantitative estimate of drug-likeness (QED) is 0.577. The van der Waals surface area contributed by atoms with Gasteiger partial charge in [0, 0.05) is 37.3 Å². The molecule has 0 radical (unpaired) electrons. The fraction of sp³-hybridized carbons (Fsp3) is 0.261. The standard InChI is InChI=1S/C23H19F3N4O2/c1-15-13-29(20-7-5-19(6-8-20)23(24,25)26)22(31)21-18(12-28-30(15)21)4-3-16-9-17(14-32-2)11-27-10-16/h5-12,15H,13-14H2,1-2H3/t15-/m0/s1. The van der Waals surface area contributed by atoms with E-state index in [0.717, 1.165) is 17.7 Å². The molecule has 1 aliphatic rings. The van der Waals surface area contributed by atoms with E-state index in [1.165, 1.54) is 23.2 Å². The third kappa shape index (κ3) is 4.22. The van der Waals surface area contributed by atoms with Crippen molar-refractivity contribution in [3.8, 4) is 11.8 Å². The molecule has 4 rings (SSSR count). The van der Waals surface area contributed by atoms with Crippen molar-refractivity contribution in [3.05, 3.63) is 76.9 Å². The molecule has 0 saturated carbocycles. The normalized spacial score (nSPS) is 15.8. The summed E-state index contributed by atoms with van der Waals surface area (Å²) < 4.78 is 45.4. The average molecular weight is 440 g/mol. The van der Waals surface area contributed by atoms with Gasteiger partial charge in [-0.2, -0.15) is 18.3 Å². The monoisotopic (exact) mass is 440 g/mol. The van der Waals surface area contributed by atoms with Crippen molar-refractivity contribution in [1.82, 2.24) is 14.8 Å². The molecule has 0 spiro atoms. The molecule has 6 nitrogen and oxygen atoms in total. The summed E-state index contributed by atoms with van der Waals surface area (Å²) in [7, 11) is 1.59. The van der Waals surface area contributed by atoms with Gasteiger partial charge in [0.15, 0.2) is 0 Å². The van der Waals surface area contributed by atoms with E-state index in [2.05, 4.69) is 21.9 Å². The van der Waals surface area contributed by atoms with Crippen LogP contribution < -0.4 is 4.90 Å². The Bertz CT molecular complexity index is 1210. The number of amides is 1. The first-order chi connectivity index (χ1) is 15.3. The number of benzene rings is 1. The van der Waals surface area contributed by atoms with E-state index in [9.17, 15) is 18.0 Å². The molecule has 1 amide bonds. The molecule has 0 aliphatic carbocycles. The number of carbonyl (C=O) groups is 1. The van der Waals surface area contributed by atoms with Crippen molar-refractivity contribution in [3.63, 3.8) is 0 Å². The van der Waals surface area contributed by atoms with E-state index in [-0.39, 0.29) is 18.5 Å². The number of methoxy groups -OCH3 is 1. The summed E-state index contributed by atoms with van der Waals surface area (Å²) in [5.41, 5.74) is 1.90. The van der Waals surface area contributed by atoms with Crippen LogP contribution in [0.25, 0.3) is 0 Å². The second-order valence-electron chi connectivity index (χ2n) is 7.43. The van der Waals surface area contributed by atoms with E-state index >= 15 is 0 Å². The molecule has 1 atom stereocenters. The molecule has 1 aromatic carbocycles. The number of rotatable bonds is 3. The largest absolute Gasteiger partial charge is 0.416 e. The summed E-state index contributed by atoms with van der Waals surface area (Å²) in [5.74, 6) is 5.61. The minimum Gasteiger partial charge on any atom is -0.380 e. The Morgan fingerprint density at radius 1 is 1.16 bits per heavy atom. The number of alkyl halides is 3. The molecule has 0 fully saturated rings. The highest BCUT2D eigenvalue weighted by Crippen LogP contribution is 2.32. The maximum atomic E-state index is 13.2. The number of anilines is 1. The van der Waals surface area contributed by atoms with Crippen LogP contribution in [0, 0.1) is 11.8 Å². The minimum absolute atomic E-state index is 0.174. The molecule has 3 aromatic rings. The molecule has 9 heteroatoms.